The molecule has 2 N–H and O–H groups in total. The van der Waals surface area contributed by atoms with Gasteiger partial charge in [-0.2, -0.15) is 0 Å². The molecule has 2 aliphatic rings. The highest BCUT2D eigenvalue weighted by Crippen LogP contribution is 2.40. The van der Waals surface area contributed by atoms with Crippen LogP contribution < -0.4 is 5.32 Å². The van der Waals surface area contributed by atoms with E-state index in [1.165, 1.54) is 31.2 Å². The minimum atomic E-state index is -0.0421. The van der Waals surface area contributed by atoms with E-state index >= 15 is 0 Å². The van der Waals surface area contributed by atoms with Crippen LogP contribution in [-0.2, 0) is 0 Å². The molecule has 2 nitrogen and oxygen atoms in total. The zero-order valence-corrected chi connectivity index (χ0v) is 12.6. The first kappa shape index (κ1) is 14.4. The minimum absolute atomic E-state index is 0.0421. The summed E-state index contributed by atoms with van der Waals surface area (Å²) in [5, 5.41) is 14.1. The number of halogens is 1. The molecule has 2 aliphatic carbocycles. The van der Waals surface area contributed by atoms with E-state index in [2.05, 4.69) is 17.4 Å². The molecule has 3 rings (SSSR count). The van der Waals surface area contributed by atoms with Crippen molar-refractivity contribution in [2.75, 3.05) is 6.54 Å². The van der Waals surface area contributed by atoms with Crippen molar-refractivity contribution < 1.29 is 5.11 Å². The van der Waals surface area contributed by atoms with Crippen molar-refractivity contribution >= 4 is 11.6 Å². The zero-order valence-electron chi connectivity index (χ0n) is 11.9. The average molecular weight is 294 g/mol. The number of aliphatic hydroxyl groups is 1. The first-order chi connectivity index (χ1) is 9.72. The molecule has 0 radical (unpaired) electrons. The predicted molar refractivity (Wildman–Crippen MR) is 83.2 cm³/mol. The van der Waals surface area contributed by atoms with E-state index in [9.17, 15) is 5.11 Å². The topological polar surface area (TPSA) is 32.3 Å². The van der Waals surface area contributed by atoms with Crippen molar-refractivity contribution in [3.63, 3.8) is 0 Å². The summed E-state index contributed by atoms with van der Waals surface area (Å²) in [6.07, 6.45) is 6.69. The molecule has 2 fully saturated rings. The van der Waals surface area contributed by atoms with Crippen molar-refractivity contribution in [2.45, 2.75) is 56.6 Å². The Labute approximate surface area is 126 Å². The molecule has 0 spiro atoms. The van der Waals surface area contributed by atoms with E-state index < -0.39 is 0 Å². The highest BCUT2D eigenvalue weighted by atomic mass is 35.5. The van der Waals surface area contributed by atoms with Crippen molar-refractivity contribution in [3.05, 3.63) is 34.9 Å². The Hall–Kier alpha value is -0.570. The molecule has 110 valence electrons. The van der Waals surface area contributed by atoms with Crippen LogP contribution in [0.25, 0.3) is 0 Å². The van der Waals surface area contributed by atoms with Gasteiger partial charge >= 0.3 is 0 Å². The van der Waals surface area contributed by atoms with Gasteiger partial charge in [-0.15, -0.1) is 0 Å². The van der Waals surface area contributed by atoms with E-state index in [1.54, 1.807) is 0 Å². The summed E-state index contributed by atoms with van der Waals surface area (Å²) in [6, 6.07) is 8.88. The van der Waals surface area contributed by atoms with Gasteiger partial charge in [-0.25, -0.2) is 0 Å². The van der Waals surface area contributed by atoms with Gasteiger partial charge in [0, 0.05) is 11.1 Å². The largest absolute Gasteiger partial charge is 0.393 e. The first-order valence-electron chi connectivity index (χ1n) is 7.88. The third kappa shape index (κ3) is 3.36. The third-order valence-corrected chi connectivity index (χ3v) is 5.34. The fraction of sp³-hybridized carbons (Fsp3) is 0.647. The van der Waals surface area contributed by atoms with Gasteiger partial charge in [-0.05, 0) is 68.5 Å². The SMILES string of the molecule is OC1CCC(CNC2CC(c3ccccc3Cl)C2)CC1. The maximum Gasteiger partial charge on any atom is 0.0540 e. The lowest BCUT2D eigenvalue weighted by Crippen LogP contribution is -2.42. The summed E-state index contributed by atoms with van der Waals surface area (Å²) in [5.74, 6) is 1.40. The van der Waals surface area contributed by atoms with Crippen LogP contribution in [0.2, 0.25) is 5.02 Å². The summed E-state index contributed by atoms with van der Waals surface area (Å²) >= 11 is 6.25. The fourth-order valence-corrected chi connectivity index (χ4v) is 3.82. The van der Waals surface area contributed by atoms with Gasteiger partial charge in [-0.1, -0.05) is 29.8 Å². The Balaban J connectivity index is 1.39. The Bertz CT molecular complexity index is 436. The highest BCUT2D eigenvalue weighted by molar-refractivity contribution is 6.31. The molecule has 0 atom stereocenters. The Kier molecular flexibility index (Phi) is 4.65. The van der Waals surface area contributed by atoms with Crippen molar-refractivity contribution in [3.8, 4) is 0 Å². The van der Waals surface area contributed by atoms with E-state index in [0.717, 1.165) is 30.3 Å². The number of benzene rings is 1. The predicted octanol–water partition coefficient (Wildman–Crippen LogP) is 3.73. The lowest BCUT2D eigenvalue weighted by Gasteiger charge is -2.38. The summed E-state index contributed by atoms with van der Waals surface area (Å²) in [4.78, 5) is 0. The third-order valence-electron chi connectivity index (χ3n) is 4.99. The molecule has 0 aliphatic heterocycles. The zero-order chi connectivity index (χ0) is 13.9. The molecule has 0 aromatic heterocycles. The lowest BCUT2D eigenvalue weighted by molar-refractivity contribution is 0.106. The monoisotopic (exact) mass is 293 g/mol. The molecule has 2 saturated carbocycles. The number of hydrogen-bond donors (Lipinski definition) is 2. The smallest absolute Gasteiger partial charge is 0.0540 e. The highest BCUT2D eigenvalue weighted by Gasteiger charge is 2.31. The molecule has 0 saturated heterocycles. The maximum atomic E-state index is 9.52. The molecule has 1 aromatic rings. The number of hydrogen-bond acceptors (Lipinski definition) is 2. The lowest BCUT2D eigenvalue weighted by atomic mass is 9.75. The van der Waals surface area contributed by atoms with Gasteiger partial charge in [-0.3, -0.25) is 0 Å². The summed E-state index contributed by atoms with van der Waals surface area (Å²) in [5.41, 5.74) is 1.31. The number of aliphatic hydroxyl groups excluding tert-OH is 1. The second kappa shape index (κ2) is 6.46. The molecule has 20 heavy (non-hydrogen) atoms. The molecule has 0 amide bonds. The van der Waals surface area contributed by atoms with Crippen molar-refractivity contribution in [1.29, 1.82) is 0 Å². The molecule has 0 unspecified atom stereocenters. The van der Waals surface area contributed by atoms with Crippen LogP contribution in [0, 0.1) is 5.92 Å². The van der Waals surface area contributed by atoms with Crippen molar-refractivity contribution in [1.82, 2.24) is 5.32 Å². The number of nitrogens with one attached hydrogen (secondary N) is 1. The standard InChI is InChI=1S/C17H24ClNO/c18-17-4-2-1-3-16(17)13-9-14(10-13)19-11-12-5-7-15(20)8-6-12/h1-4,12-15,19-20H,5-11H2. The maximum absolute atomic E-state index is 9.52. The summed E-state index contributed by atoms with van der Waals surface area (Å²) < 4.78 is 0. The minimum Gasteiger partial charge on any atom is -0.393 e. The second-order valence-electron chi connectivity index (χ2n) is 6.47. The van der Waals surface area contributed by atoms with Crippen LogP contribution in [0.5, 0.6) is 0 Å². The van der Waals surface area contributed by atoms with Gasteiger partial charge in [0.1, 0.15) is 0 Å². The quantitative estimate of drug-likeness (QED) is 0.886. The van der Waals surface area contributed by atoms with Crippen LogP contribution >= 0.6 is 11.6 Å². The summed E-state index contributed by atoms with van der Waals surface area (Å²) in [6.45, 7) is 1.12. The Morgan fingerprint density at radius 2 is 1.80 bits per heavy atom. The van der Waals surface area contributed by atoms with Gasteiger partial charge in [0.15, 0.2) is 0 Å². The normalized spacial score (nSPS) is 33.7. The van der Waals surface area contributed by atoms with E-state index in [4.69, 9.17) is 11.6 Å². The summed E-state index contributed by atoms with van der Waals surface area (Å²) in [7, 11) is 0. The van der Waals surface area contributed by atoms with Gasteiger partial charge in [0.25, 0.3) is 0 Å². The van der Waals surface area contributed by atoms with Crippen LogP contribution in [0.4, 0.5) is 0 Å². The van der Waals surface area contributed by atoms with Crippen LogP contribution in [0.3, 0.4) is 0 Å². The second-order valence-corrected chi connectivity index (χ2v) is 6.88. The van der Waals surface area contributed by atoms with E-state index in [0.29, 0.717) is 12.0 Å². The van der Waals surface area contributed by atoms with Crippen molar-refractivity contribution in [2.24, 2.45) is 5.92 Å². The van der Waals surface area contributed by atoms with E-state index in [1.807, 2.05) is 12.1 Å². The average Bonchev–Trinajstić information content (AvgIpc) is 2.41. The van der Waals surface area contributed by atoms with Gasteiger partial charge < -0.3 is 10.4 Å². The fourth-order valence-electron chi connectivity index (χ4n) is 3.53. The van der Waals surface area contributed by atoms with Crippen LogP contribution in [0.1, 0.15) is 50.0 Å². The van der Waals surface area contributed by atoms with Gasteiger partial charge in [0.05, 0.1) is 6.10 Å². The molecular weight excluding hydrogens is 270 g/mol. The van der Waals surface area contributed by atoms with Crippen LogP contribution in [-0.4, -0.2) is 23.8 Å². The number of rotatable bonds is 4. The first-order valence-corrected chi connectivity index (χ1v) is 8.26. The molecule has 1 aromatic carbocycles. The van der Waals surface area contributed by atoms with Gasteiger partial charge in [0.2, 0.25) is 0 Å². The Morgan fingerprint density at radius 3 is 2.50 bits per heavy atom. The molecular formula is C17H24ClNO. The van der Waals surface area contributed by atoms with E-state index in [-0.39, 0.29) is 6.10 Å². The Morgan fingerprint density at radius 1 is 1.10 bits per heavy atom. The molecule has 0 bridgehead atoms. The van der Waals surface area contributed by atoms with Crippen LogP contribution in [0.15, 0.2) is 24.3 Å². The molecule has 0 heterocycles. The molecule has 3 heteroatoms.